The molecule has 6 rings (SSSR count). The molecule has 1 saturated carbocycles. The fourth-order valence-electron chi connectivity index (χ4n) is 5.92. The van der Waals surface area contributed by atoms with Gasteiger partial charge < -0.3 is 15.4 Å². The van der Waals surface area contributed by atoms with Crippen LogP contribution in [-0.4, -0.2) is 36.1 Å². The third-order valence-electron chi connectivity index (χ3n) is 7.80. The van der Waals surface area contributed by atoms with Gasteiger partial charge in [0, 0.05) is 35.8 Å². The third kappa shape index (κ3) is 3.30. The highest BCUT2D eigenvalue weighted by atomic mass is 19.1. The van der Waals surface area contributed by atoms with E-state index in [1.165, 1.54) is 11.6 Å². The fraction of sp³-hybridized carbons (Fsp3) is 0.385. The summed E-state index contributed by atoms with van der Waals surface area (Å²) >= 11 is 0. The van der Waals surface area contributed by atoms with Crippen LogP contribution in [0.2, 0.25) is 0 Å². The summed E-state index contributed by atoms with van der Waals surface area (Å²) in [5.74, 6) is 0.155. The molecule has 1 aliphatic heterocycles. The van der Waals surface area contributed by atoms with Crippen LogP contribution in [0.3, 0.4) is 0 Å². The monoisotopic (exact) mass is 445 g/mol. The lowest BCUT2D eigenvalue weighted by Gasteiger charge is -2.41. The minimum atomic E-state index is -0.958. The number of fused-ring (bicyclic) bond motifs is 4. The highest BCUT2D eigenvalue weighted by Crippen LogP contribution is 2.46. The lowest BCUT2D eigenvalue weighted by Crippen LogP contribution is -2.51. The normalized spacial score (nSPS) is 25.2. The molecule has 170 valence electrons. The molecule has 6 nitrogen and oxygen atoms in total. The first-order valence-electron chi connectivity index (χ1n) is 11.6. The molecule has 7 heteroatoms. The maximum atomic E-state index is 14.8. The molecule has 0 bridgehead atoms. The molecule has 0 radical (unpaired) electrons. The van der Waals surface area contributed by atoms with Gasteiger partial charge in [-0.3, -0.25) is 4.68 Å². The Balaban J connectivity index is 1.19. The van der Waals surface area contributed by atoms with Crippen molar-refractivity contribution in [1.82, 2.24) is 19.3 Å². The molecule has 2 unspecified atom stereocenters. The summed E-state index contributed by atoms with van der Waals surface area (Å²) in [7, 11) is 1.93. The first-order valence-corrected chi connectivity index (χ1v) is 11.6. The first kappa shape index (κ1) is 20.6. The molecule has 3 heterocycles. The van der Waals surface area contributed by atoms with Gasteiger partial charge in [0.25, 0.3) is 0 Å². The number of benzene rings is 2. The summed E-state index contributed by atoms with van der Waals surface area (Å²) in [5.41, 5.74) is 10.4. The zero-order valence-corrected chi connectivity index (χ0v) is 18.7. The van der Waals surface area contributed by atoms with Crippen molar-refractivity contribution in [2.45, 2.75) is 55.7 Å². The predicted molar refractivity (Wildman–Crippen MR) is 125 cm³/mol. The molecule has 1 aliphatic carbocycles. The van der Waals surface area contributed by atoms with E-state index in [1.807, 2.05) is 28.6 Å². The van der Waals surface area contributed by atoms with E-state index in [0.29, 0.717) is 30.7 Å². The average Bonchev–Trinajstić information content (AvgIpc) is 3.49. The summed E-state index contributed by atoms with van der Waals surface area (Å²) in [4.78, 5) is 4.26. The molecule has 0 amide bonds. The molecular formula is C26H28FN5O. The van der Waals surface area contributed by atoms with Crippen molar-refractivity contribution in [2.24, 2.45) is 12.8 Å². The summed E-state index contributed by atoms with van der Waals surface area (Å²) in [6.45, 7) is 0. The number of nitrogens with zero attached hydrogens (tertiary/aromatic N) is 4. The topological polar surface area (TPSA) is 81.9 Å². The lowest BCUT2D eigenvalue weighted by molar-refractivity contribution is -0.0280. The predicted octanol–water partition coefficient (Wildman–Crippen LogP) is 4.29. The Labute approximate surface area is 191 Å². The lowest BCUT2D eigenvalue weighted by atomic mass is 9.71. The summed E-state index contributed by atoms with van der Waals surface area (Å²) in [6.07, 6.45) is 9.00. The van der Waals surface area contributed by atoms with Crippen molar-refractivity contribution >= 4 is 10.9 Å². The second kappa shape index (κ2) is 7.50. The summed E-state index contributed by atoms with van der Waals surface area (Å²) < 4.78 is 18.6. The van der Waals surface area contributed by atoms with Crippen LogP contribution >= 0.6 is 0 Å². The number of hydrogen-bond acceptors (Lipinski definition) is 4. The van der Waals surface area contributed by atoms with Gasteiger partial charge in [-0.1, -0.05) is 24.3 Å². The van der Waals surface area contributed by atoms with E-state index in [4.69, 9.17) is 5.73 Å². The second-order valence-electron chi connectivity index (χ2n) is 9.74. The van der Waals surface area contributed by atoms with Gasteiger partial charge in [-0.25, -0.2) is 9.37 Å². The molecule has 2 aromatic heterocycles. The van der Waals surface area contributed by atoms with Crippen LogP contribution in [0.5, 0.6) is 0 Å². The number of aliphatic hydroxyl groups is 1. The van der Waals surface area contributed by atoms with Crippen LogP contribution in [0, 0.1) is 5.82 Å². The standard InChI is InChI=1S/C26H28FN5O/c1-31-14-18-6-5-17(11-21(18)30-31)16-7-9-26(33,10-8-16)24(28)12-22-25-19(3-2-4-20(25)27)23-13-29-15-32(22)23/h2-6,11,13-16,22,24,33H,7-10,12,28H2,1H3. The Morgan fingerprint density at radius 3 is 2.88 bits per heavy atom. The van der Waals surface area contributed by atoms with Crippen LogP contribution in [0.4, 0.5) is 4.39 Å². The van der Waals surface area contributed by atoms with Gasteiger partial charge in [-0.15, -0.1) is 0 Å². The highest BCUT2D eigenvalue weighted by Gasteiger charge is 2.42. The zero-order valence-electron chi connectivity index (χ0n) is 18.7. The molecular weight excluding hydrogens is 417 g/mol. The molecule has 2 atom stereocenters. The van der Waals surface area contributed by atoms with Gasteiger partial charge in [0.05, 0.1) is 35.4 Å². The van der Waals surface area contributed by atoms with E-state index in [1.54, 1.807) is 18.6 Å². The molecule has 4 aromatic rings. The molecule has 0 spiro atoms. The van der Waals surface area contributed by atoms with Gasteiger partial charge >= 0.3 is 0 Å². The molecule has 33 heavy (non-hydrogen) atoms. The van der Waals surface area contributed by atoms with E-state index < -0.39 is 11.6 Å². The van der Waals surface area contributed by atoms with E-state index in [0.717, 1.165) is 35.0 Å². The van der Waals surface area contributed by atoms with Gasteiger partial charge in [0.2, 0.25) is 0 Å². The van der Waals surface area contributed by atoms with Crippen LogP contribution in [0.1, 0.15) is 55.2 Å². The number of rotatable bonds is 4. The van der Waals surface area contributed by atoms with Crippen molar-refractivity contribution in [3.8, 4) is 11.3 Å². The van der Waals surface area contributed by atoms with Crippen molar-refractivity contribution in [2.75, 3.05) is 0 Å². The molecule has 2 aromatic carbocycles. The fourth-order valence-corrected chi connectivity index (χ4v) is 5.92. The van der Waals surface area contributed by atoms with Crippen molar-refractivity contribution in [3.63, 3.8) is 0 Å². The third-order valence-corrected chi connectivity index (χ3v) is 7.80. The van der Waals surface area contributed by atoms with E-state index >= 15 is 0 Å². The zero-order chi connectivity index (χ0) is 22.7. The second-order valence-corrected chi connectivity index (χ2v) is 9.74. The quantitative estimate of drug-likeness (QED) is 0.491. The molecule has 2 aliphatic rings. The Morgan fingerprint density at radius 2 is 2.06 bits per heavy atom. The Kier molecular flexibility index (Phi) is 4.67. The van der Waals surface area contributed by atoms with Gasteiger partial charge in [0.1, 0.15) is 5.82 Å². The first-order chi connectivity index (χ1) is 15.9. The SMILES string of the molecule is Cn1cc2ccc(C3CCC(O)(C(N)CC4c5c(F)cccc5-c5cncn54)CC3)cc2n1. The van der Waals surface area contributed by atoms with Crippen molar-refractivity contribution in [1.29, 1.82) is 0 Å². The van der Waals surface area contributed by atoms with E-state index in [-0.39, 0.29) is 11.9 Å². The maximum Gasteiger partial charge on any atom is 0.129 e. The highest BCUT2D eigenvalue weighted by molar-refractivity contribution is 5.78. The molecule has 0 saturated heterocycles. The Hall–Kier alpha value is -3.03. The molecule has 1 fully saturated rings. The van der Waals surface area contributed by atoms with Crippen LogP contribution in [0.25, 0.3) is 22.2 Å². The smallest absolute Gasteiger partial charge is 0.129 e. The number of aromatic nitrogens is 4. The average molecular weight is 446 g/mol. The van der Waals surface area contributed by atoms with Crippen LogP contribution in [0.15, 0.2) is 55.1 Å². The number of halogens is 1. The minimum absolute atomic E-state index is 0.228. The summed E-state index contributed by atoms with van der Waals surface area (Å²) in [6, 6.07) is 10.9. The maximum absolute atomic E-state index is 14.8. The molecule has 3 N–H and O–H groups in total. The van der Waals surface area contributed by atoms with Crippen molar-refractivity contribution < 1.29 is 9.50 Å². The van der Waals surface area contributed by atoms with Crippen LogP contribution < -0.4 is 5.73 Å². The summed E-state index contributed by atoms with van der Waals surface area (Å²) in [5, 5.41) is 17.2. The van der Waals surface area contributed by atoms with Crippen molar-refractivity contribution in [3.05, 3.63) is 72.1 Å². The van der Waals surface area contributed by atoms with Gasteiger partial charge in [-0.2, -0.15) is 5.10 Å². The number of aryl methyl sites for hydroxylation is 1. The number of nitrogens with two attached hydrogens (primary N) is 1. The Bertz CT molecular complexity index is 1330. The van der Waals surface area contributed by atoms with Gasteiger partial charge in [0.15, 0.2) is 0 Å². The largest absolute Gasteiger partial charge is 0.388 e. The van der Waals surface area contributed by atoms with E-state index in [9.17, 15) is 9.50 Å². The van der Waals surface area contributed by atoms with E-state index in [2.05, 4.69) is 28.3 Å². The number of hydrogen-bond donors (Lipinski definition) is 2. The van der Waals surface area contributed by atoms with Gasteiger partial charge in [-0.05, 0) is 55.7 Å². The number of imidazole rings is 1. The van der Waals surface area contributed by atoms with Crippen LogP contribution in [-0.2, 0) is 7.05 Å². The minimum Gasteiger partial charge on any atom is -0.388 e. The Morgan fingerprint density at radius 1 is 1.24 bits per heavy atom.